The maximum atomic E-state index is 13.9. The van der Waals surface area contributed by atoms with Gasteiger partial charge in [0.2, 0.25) is 0 Å². The molecule has 0 bridgehead atoms. The second kappa shape index (κ2) is 7.45. The van der Waals surface area contributed by atoms with Crippen molar-refractivity contribution in [3.05, 3.63) is 35.4 Å². The quantitative estimate of drug-likeness (QED) is 0.840. The molecule has 0 aliphatic heterocycles. The van der Waals surface area contributed by atoms with E-state index in [4.69, 9.17) is 0 Å². The Bertz CT molecular complexity index is 573. The van der Waals surface area contributed by atoms with Crippen LogP contribution in [0.3, 0.4) is 0 Å². The van der Waals surface area contributed by atoms with Crippen LogP contribution in [0, 0.1) is 11.7 Å². The maximum Gasteiger partial charge on any atom is 0.251 e. The summed E-state index contributed by atoms with van der Waals surface area (Å²) in [7, 11) is 0. The van der Waals surface area contributed by atoms with E-state index in [0.29, 0.717) is 5.69 Å². The lowest BCUT2D eigenvalue weighted by molar-refractivity contribution is -0.00605. The van der Waals surface area contributed by atoms with Gasteiger partial charge in [-0.2, -0.15) is 0 Å². The Morgan fingerprint density at radius 2 is 2.09 bits per heavy atom. The number of hydrogen-bond acceptors (Lipinski definition) is 3. The molecule has 1 aliphatic rings. The highest BCUT2D eigenvalue weighted by Gasteiger charge is 2.31. The lowest BCUT2D eigenvalue weighted by Gasteiger charge is -2.22. The standard InChI is InChI=1S/C17H23F3N2O/c1-11(2)16(10-23)21-9-15-13(18)3-4-14(22-15)12-5-7-17(19,20)8-6-12/h3-5,11,16,21,23H,6-10H2,1-2H3/t16-/m0/s1. The summed E-state index contributed by atoms with van der Waals surface area (Å²) in [6.07, 6.45) is 1.23. The van der Waals surface area contributed by atoms with Gasteiger partial charge in [0.05, 0.1) is 18.0 Å². The predicted octanol–water partition coefficient (Wildman–Crippen LogP) is 3.53. The minimum atomic E-state index is -2.65. The van der Waals surface area contributed by atoms with Gasteiger partial charge in [0.25, 0.3) is 5.92 Å². The highest BCUT2D eigenvalue weighted by atomic mass is 19.3. The van der Waals surface area contributed by atoms with Gasteiger partial charge in [-0.1, -0.05) is 19.9 Å². The third-order valence-electron chi connectivity index (χ3n) is 4.19. The van der Waals surface area contributed by atoms with Crippen molar-refractivity contribution >= 4 is 5.57 Å². The SMILES string of the molecule is CC(C)[C@H](CO)NCc1nc(C2=CCC(F)(F)CC2)ccc1F. The maximum absolute atomic E-state index is 13.9. The van der Waals surface area contributed by atoms with Gasteiger partial charge in [0, 0.05) is 25.4 Å². The topological polar surface area (TPSA) is 45.1 Å². The highest BCUT2D eigenvalue weighted by molar-refractivity contribution is 5.63. The summed E-state index contributed by atoms with van der Waals surface area (Å²) in [6, 6.07) is 2.70. The number of aliphatic hydroxyl groups excluding tert-OH is 1. The van der Waals surface area contributed by atoms with E-state index in [2.05, 4.69) is 10.3 Å². The molecule has 0 saturated carbocycles. The summed E-state index contributed by atoms with van der Waals surface area (Å²) in [4.78, 5) is 4.28. The van der Waals surface area contributed by atoms with E-state index in [1.807, 2.05) is 13.8 Å². The third kappa shape index (κ3) is 4.78. The van der Waals surface area contributed by atoms with Crippen LogP contribution in [-0.2, 0) is 6.54 Å². The van der Waals surface area contributed by atoms with Gasteiger partial charge < -0.3 is 10.4 Å². The second-order valence-corrected chi connectivity index (χ2v) is 6.33. The molecule has 3 nitrogen and oxygen atoms in total. The van der Waals surface area contributed by atoms with E-state index in [1.165, 1.54) is 18.2 Å². The van der Waals surface area contributed by atoms with Gasteiger partial charge in [-0.05, 0) is 30.0 Å². The fraction of sp³-hybridized carbons (Fsp3) is 0.588. The molecule has 0 fully saturated rings. The van der Waals surface area contributed by atoms with E-state index in [-0.39, 0.29) is 50.1 Å². The monoisotopic (exact) mass is 328 g/mol. The summed E-state index contributed by atoms with van der Waals surface area (Å²) in [5.74, 6) is -2.89. The van der Waals surface area contributed by atoms with Gasteiger partial charge >= 0.3 is 0 Å². The van der Waals surface area contributed by atoms with Crippen molar-refractivity contribution in [2.75, 3.05) is 6.61 Å². The van der Waals surface area contributed by atoms with Crippen LogP contribution in [0.4, 0.5) is 13.2 Å². The lowest BCUT2D eigenvalue weighted by Crippen LogP contribution is -2.37. The Balaban J connectivity index is 2.12. The van der Waals surface area contributed by atoms with Gasteiger partial charge in [-0.15, -0.1) is 0 Å². The summed E-state index contributed by atoms with van der Waals surface area (Å²) >= 11 is 0. The predicted molar refractivity (Wildman–Crippen MR) is 83.5 cm³/mol. The van der Waals surface area contributed by atoms with E-state index < -0.39 is 11.7 Å². The van der Waals surface area contributed by atoms with Crippen LogP contribution in [0.5, 0.6) is 0 Å². The molecule has 6 heteroatoms. The van der Waals surface area contributed by atoms with Crippen LogP contribution < -0.4 is 5.32 Å². The Morgan fingerprint density at radius 1 is 1.35 bits per heavy atom. The first kappa shape index (κ1) is 17.9. The number of nitrogens with one attached hydrogen (secondary N) is 1. The molecule has 0 spiro atoms. The van der Waals surface area contributed by atoms with Gasteiger partial charge in [0.1, 0.15) is 5.82 Å². The molecule has 0 amide bonds. The van der Waals surface area contributed by atoms with Crippen molar-refractivity contribution in [3.8, 4) is 0 Å². The fourth-order valence-electron chi connectivity index (χ4n) is 2.55. The van der Waals surface area contributed by atoms with Crippen molar-refractivity contribution in [3.63, 3.8) is 0 Å². The number of halogens is 3. The number of alkyl halides is 2. The lowest BCUT2D eigenvalue weighted by atomic mass is 9.94. The van der Waals surface area contributed by atoms with Crippen molar-refractivity contribution in [1.82, 2.24) is 10.3 Å². The second-order valence-electron chi connectivity index (χ2n) is 6.33. The zero-order chi connectivity index (χ0) is 17.0. The van der Waals surface area contributed by atoms with E-state index in [1.54, 1.807) is 0 Å². The number of rotatable bonds is 6. The first-order chi connectivity index (χ1) is 10.8. The number of nitrogens with zero attached hydrogens (tertiary/aromatic N) is 1. The van der Waals surface area contributed by atoms with Crippen molar-refractivity contribution in [2.45, 2.75) is 51.6 Å². The summed E-state index contributed by atoms with van der Waals surface area (Å²) in [5.41, 5.74) is 1.52. The van der Waals surface area contributed by atoms with Crippen LogP contribution in [0.1, 0.15) is 44.5 Å². The van der Waals surface area contributed by atoms with Crippen molar-refractivity contribution in [1.29, 1.82) is 0 Å². The van der Waals surface area contributed by atoms with E-state index in [0.717, 1.165) is 5.57 Å². The molecule has 1 aromatic rings. The van der Waals surface area contributed by atoms with Crippen LogP contribution in [0.25, 0.3) is 5.57 Å². The molecule has 1 atom stereocenters. The van der Waals surface area contributed by atoms with Crippen LogP contribution in [0.15, 0.2) is 18.2 Å². The fourth-order valence-corrected chi connectivity index (χ4v) is 2.55. The molecule has 1 aliphatic carbocycles. The number of pyridine rings is 1. The Morgan fingerprint density at radius 3 is 2.65 bits per heavy atom. The van der Waals surface area contributed by atoms with E-state index in [9.17, 15) is 18.3 Å². The molecule has 0 unspecified atom stereocenters. The number of aliphatic hydroxyl groups is 1. The molecule has 2 N–H and O–H groups in total. The summed E-state index contributed by atoms with van der Waals surface area (Å²) in [6.45, 7) is 4.06. The number of aromatic nitrogens is 1. The normalized spacial score (nSPS) is 18.8. The molecule has 0 radical (unpaired) electrons. The molecule has 128 valence electrons. The van der Waals surface area contributed by atoms with E-state index >= 15 is 0 Å². The largest absolute Gasteiger partial charge is 0.395 e. The minimum Gasteiger partial charge on any atom is -0.395 e. The minimum absolute atomic E-state index is 0.0424. The molecule has 2 rings (SSSR count). The van der Waals surface area contributed by atoms with Gasteiger partial charge in [0.15, 0.2) is 0 Å². The molecule has 0 aromatic carbocycles. The van der Waals surface area contributed by atoms with Gasteiger partial charge in [-0.3, -0.25) is 0 Å². The average molecular weight is 328 g/mol. The first-order valence-corrected chi connectivity index (χ1v) is 7.89. The molecular weight excluding hydrogens is 305 g/mol. The average Bonchev–Trinajstić information content (AvgIpc) is 2.49. The zero-order valence-corrected chi connectivity index (χ0v) is 13.5. The summed E-state index contributed by atoms with van der Waals surface area (Å²) in [5, 5.41) is 12.4. The van der Waals surface area contributed by atoms with Crippen LogP contribution >= 0.6 is 0 Å². The summed E-state index contributed by atoms with van der Waals surface area (Å²) < 4.78 is 40.3. The smallest absolute Gasteiger partial charge is 0.251 e. The molecule has 0 saturated heterocycles. The zero-order valence-electron chi connectivity index (χ0n) is 13.5. The van der Waals surface area contributed by atoms with Gasteiger partial charge in [-0.25, -0.2) is 18.2 Å². The molecule has 1 aromatic heterocycles. The molecule has 23 heavy (non-hydrogen) atoms. The highest BCUT2D eigenvalue weighted by Crippen LogP contribution is 2.35. The third-order valence-corrected chi connectivity index (χ3v) is 4.19. The Labute approximate surface area is 134 Å². The Hall–Kier alpha value is -1.40. The molecular formula is C17H23F3N2O. The number of hydrogen-bond donors (Lipinski definition) is 2. The molecule has 1 heterocycles. The van der Waals surface area contributed by atoms with Crippen LogP contribution in [0.2, 0.25) is 0 Å². The Kier molecular flexibility index (Phi) is 5.81. The van der Waals surface area contributed by atoms with Crippen molar-refractivity contribution < 1.29 is 18.3 Å². The van der Waals surface area contributed by atoms with Crippen LogP contribution in [-0.4, -0.2) is 28.7 Å². The van der Waals surface area contributed by atoms with Crippen molar-refractivity contribution in [2.24, 2.45) is 5.92 Å². The number of allylic oxidation sites excluding steroid dienone is 2. The first-order valence-electron chi connectivity index (χ1n) is 7.89.